The average Bonchev–Trinajstić information content (AvgIpc) is 3.57. The lowest BCUT2D eigenvalue weighted by molar-refractivity contribution is -0.131. The molecule has 3 aromatic rings. The molecule has 2 N–H and O–H groups in total. The number of thioether (sulfide) groups is 1. The van der Waals surface area contributed by atoms with Crippen LogP contribution in [0.15, 0.2) is 66.3 Å². The molecule has 2 atom stereocenters. The van der Waals surface area contributed by atoms with Crippen molar-refractivity contribution in [2.24, 2.45) is 11.0 Å². The Balaban J connectivity index is 1.44. The van der Waals surface area contributed by atoms with Crippen LogP contribution in [0.2, 0.25) is 0 Å². The second kappa shape index (κ2) is 8.74. The van der Waals surface area contributed by atoms with Gasteiger partial charge in [-0.25, -0.2) is 5.01 Å². The van der Waals surface area contributed by atoms with Crippen molar-refractivity contribution in [3.05, 3.63) is 69.9 Å². The first-order valence-corrected chi connectivity index (χ1v) is 11.5. The Labute approximate surface area is 193 Å². The molecule has 4 heterocycles. The van der Waals surface area contributed by atoms with E-state index in [2.05, 4.69) is 10.2 Å². The van der Waals surface area contributed by atoms with Crippen LogP contribution in [0.3, 0.4) is 0 Å². The zero-order valence-electron chi connectivity index (χ0n) is 17.9. The van der Waals surface area contributed by atoms with Crippen molar-refractivity contribution in [2.75, 3.05) is 11.6 Å². The van der Waals surface area contributed by atoms with Crippen LogP contribution < -0.4 is 11.4 Å². The standard InChI is InChI=1S/C22H22N6O4S/c1-13-21(30)27(23)22(25-24-13)33-12-18(29)28-20(17-8-4-10-32-17)16-7-2-5-14(19(16)26-28)11-15-6-3-9-31-15/h3-4,6,8-11,16,20H,2,5,7,12,23H2,1H3/b14-11-. The SMILES string of the molecule is Cc1nnc(SCC(=O)N2N=C3/C(=C\c4ccco4)CCCC3C2c2ccco2)n(N)c1=O. The van der Waals surface area contributed by atoms with Crippen LogP contribution >= 0.6 is 11.8 Å². The van der Waals surface area contributed by atoms with Gasteiger partial charge in [-0.3, -0.25) is 9.59 Å². The highest BCUT2D eigenvalue weighted by molar-refractivity contribution is 7.99. The number of aromatic nitrogens is 3. The number of nitrogen functional groups attached to an aromatic ring is 1. The number of carbonyl (C=O) groups excluding carboxylic acids is 1. The molecule has 170 valence electrons. The summed E-state index contributed by atoms with van der Waals surface area (Å²) in [5, 5.41) is 14.2. The molecule has 2 unspecified atom stereocenters. The highest BCUT2D eigenvalue weighted by Crippen LogP contribution is 2.44. The second-order valence-corrected chi connectivity index (χ2v) is 8.84. The molecule has 1 fully saturated rings. The lowest BCUT2D eigenvalue weighted by Crippen LogP contribution is -2.34. The van der Waals surface area contributed by atoms with Gasteiger partial charge in [0.25, 0.3) is 11.5 Å². The largest absolute Gasteiger partial charge is 0.467 e. The lowest BCUT2D eigenvalue weighted by Gasteiger charge is -2.27. The quantitative estimate of drug-likeness (QED) is 0.448. The van der Waals surface area contributed by atoms with E-state index in [1.807, 2.05) is 30.3 Å². The number of hydrogen-bond donors (Lipinski definition) is 1. The normalized spacial score (nSPS) is 21.3. The van der Waals surface area contributed by atoms with Gasteiger partial charge in [-0.1, -0.05) is 11.8 Å². The van der Waals surface area contributed by atoms with E-state index in [1.54, 1.807) is 12.5 Å². The minimum Gasteiger partial charge on any atom is -0.467 e. The molecule has 10 nitrogen and oxygen atoms in total. The molecule has 1 saturated carbocycles. The molecule has 11 heteroatoms. The smallest absolute Gasteiger partial charge is 0.294 e. The summed E-state index contributed by atoms with van der Waals surface area (Å²) in [6.45, 7) is 1.53. The van der Waals surface area contributed by atoms with Gasteiger partial charge in [-0.15, -0.1) is 10.2 Å². The molecule has 1 aliphatic carbocycles. The first-order valence-electron chi connectivity index (χ1n) is 10.6. The summed E-state index contributed by atoms with van der Waals surface area (Å²) >= 11 is 1.05. The van der Waals surface area contributed by atoms with E-state index in [1.165, 1.54) is 11.9 Å². The predicted octanol–water partition coefficient (Wildman–Crippen LogP) is 2.76. The van der Waals surface area contributed by atoms with Crippen molar-refractivity contribution in [3.8, 4) is 0 Å². The van der Waals surface area contributed by atoms with Crippen molar-refractivity contribution >= 4 is 29.5 Å². The van der Waals surface area contributed by atoms with Crippen LogP contribution in [0.5, 0.6) is 0 Å². The number of allylic oxidation sites excluding steroid dienone is 1. The first kappa shape index (κ1) is 21.3. The zero-order valence-corrected chi connectivity index (χ0v) is 18.7. The molecule has 3 aromatic heterocycles. The number of hydrogen-bond acceptors (Lipinski definition) is 9. The van der Waals surface area contributed by atoms with E-state index in [4.69, 9.17) is 19.8 Å². The van der Waals surface area contributed by atoms with Gasteiger partial charge in [-0.05, 0) is 62.1 Å². The molecular formula is C22H22N6O4S. The minimum atomic E-state index is -0.450. The third-order valence-electron chi connectivity index (χ3n) is 5.80. The molecule has 5 rings (SSSR count). The maximum atomic E-state index is 13.3. The maximum absolute atomic E-state index is 13.3. The van der Waals surface area contributed by atoms with E-state index < -0.39 is 5.56 Å². The van der Waals surface area contributed by atoms with Gasteiger partial charge >= 0.3 is 0 Å². The molecule has 0 spiro atoms. The van der Waals surface area contributed by atoms with Crippen molar-refractivity contribution in [1.29, 1.82) is 0 Å². The number of carbonyl (C=O) groups is 1. The number of rotatable bonds is 5. The van der Waals surface area contributed by atoms with Gasteiger partial charge in [-0.2, -0.15) is 9.78 Å². The molecule has 0 saturated heterocycles. The van der Waals surface area contributed by atoms with Crippen molar-refractivity contribution in [1.82, 2.24) is 19.9 Å². The van der Waals surface area contributed by atoms with Crippen molar-refractivity contribution < 1.29 is 13.6 Å². The summed E-state index contributed by atoms with van der Waals surface area (Å²) in [6.07, 6.45) is 7.94. The number of furan rings is 2. The molecule has 1 aliphatic heterocycles. The minimum absolute atomic E-state index is 0.00762. The predicted molar refractivity (Wildman–Crippen MR) is 122 cm³/mol. The number of aryl methyl sites for hydroxylation is 1. The molecular weight excluding hydrogens is 444 g/mol. The molecule has 33 heavy (non-hydrogen) atoms. The average molecular weight is 467 g/mol. The van der Waals surface area contributed by atoms with E-state index in [9.17, 15) is 9.59 Å². The number of fused-ring (bicyclic) bond motifs is 1. The summed E-state index contributed by atoms with van der Waals surface area (Å²) in [7, 11) is 0. The third-order valence-corrected chi connectivity index (χ3v) is 6.72. The van der Waals surface area contributed by atoms with Gasteiger partial charge in [0.2, 0.25) is 5.16 Å². The van der Waals surface area contributed by atoms with Gasteiger partial charge in [0.1, 0.15) is 23.3 Å². The highest BCUT2D eigenvalue weighted by Gasteiger charge is 2.45. The fourth-order valence-electron chi connectivity index (χ4n) is 4.25. The Morgan fingerprint density at radius 1 is 1.27 bits per heavy atom. The Bertz CT molecular complexity index is 1280. The highest BCUT2D eigenvalue weighted by atomic mass is 32.2. The number of nitrogens with two attached hydrogens (primary N) is 1. The maximum Gasteiger partial charge on any atom is 0.294 e. The molecule has 0 bridgehead atoms. The van der Waals surface area contributed by atoms with Crippen LogP contribution in [0.4, 0.5) is 0 Å². The van der Waals surface area contributed by atoms with Crippen molar-refractivity contribution in [2.45, 2.75) is 37.4 Å². The van der Waals surface area contributed by atoms with E-state index in [-0.39, 0.29) is 34.5 Å². The van der Waals surface area contributed by atoms with Gasteiger partial charge in [0.15, 0.2) is 0 Å². The van der Waals surface area contributed by atoms with Crippen LogP contribution in [0, 0.1) is 12.8 Å². The first-order chi connectivity index (χ1) is 16.0. The lowest BCUT2D eigenvalue weighted by atomic mass is 9.79. The summed E-state index contributed by atoms with van der Waals surface area (Å²) in [6, 6.07) is 7.07. The molecule has 1 amide bonds. The van der Waals surface area contributed by atoms with Crippen LogP contribution in [-0.4, -0.2) is 37.3 Å². The molecule has 2 aliphatic rings. The summed E-state index contributed by atoms with van der Waals surface area (Å²) in [4.78, 5) is 25.3. The fraction of sp³-hybridized carbons (Fsp3) is 0.318. The number of amides is 1. The number of hydrazone groups is 1. The van der Waals surface area contributed by atoms with Crippen LogP contribution in [0.25, 0.3) is 6.08 Å². The number of nitrogens with zero attached hydrogens (tertiary/aromatic N) is 5. The van der Waals surface area contributed by atoms with Gasteiger partial charge in [0, 0.05) is 5.92 Å². The van der Waals surface area contributed by atoms with E-state index in [0.717, 1.165) is 52.7 Å². The van der Waals surface area contributed by atoms with Gasteiger partial charge in [0.05, 0.1) is 24.0 Å². The summed E-state index contributed by atoms with van der Waals surface area (Å²) in [5.74, 6) is 7.01. The monoisotopic (exact) mass is 466 g/mol. The Kier molecular flexibility index (Phi) is 5.63. The Hall–Kier alpha value is -3.60. The molecule has 0 aromatic carbocycles. The van der Waals surface area contributed by atoms with Crippen molar-refractivity contribution in [3.63, 3.8) is 0 Å². The third kappa shape index (κ3) is 3.99. The Morgan fingerprint density at radius 2 is 2.09 bits per heavy atom. The second-order valence-electron chi connectivity index (χ2n) is 7.90. The topological polar surface area (TPSA) is 133 Å². The summed E-state index contributed by atoms with van der Waals surface area (Å²) in [5.41, 5.74) is 1.68. The van der Waals surface area contributed by atoms with E-state index >= 15 is 0 Å². The van der Waals surface area contributed by atoms with Crippen LogP contribution in [-0.2, 0) is 4.79 Å². The fourth-order valence-corrected chi connectivity index (χ4v) is 4.96. The Morgan fingerprint density at radius 3 is 2.85 bits per heavy atom. The molecule has 0 radical (unpaired) electrons. The zero-order chi connectivity index (χ0) is 22.9. The van der Waals surface area contributed by atoms with E-state index in [0.29, 0.717) is 5.76 Å². The van der Waals surface area contributed by atoms with Gasteiger partial charge < -0.3 is 14.7 Å². The van der Waals surface area contributed by atoms with Crippen LogP contribution in [0.1, 0.15) is 42.5 Å². The summed E-state index contributed by atoms with van der Waals surface area (Å²) < 4.78 is 12.1.